The van der Waals surface area contributed by atoms with Gasteiger partial charge in [-0.25, -0.2) is 0 Å². The Labute approximate surface area is 135 Å². The van der Waals surface area contributed by atoms with E-state index in [4.69, 9.17) is 0 Å². The molecule has 112 valence electrons. The zero-order valence-electron chi connectivity index (χ0n) is 12.8. The van der Waals surface area contributed by atoms with E-state index in [9.17, 15) is 0 Å². The number of anilines is 1. The number of hydrogen-bond donors (Lipinski definition) is 1. The maximum atomic E-state index is 4.05. The largest absolute Gasteiger partial charge is 0.374 e. The van der Waals surface area contributed by atoms with Crippen molar-refractivity contribution in [3.8, 4) is 0 Å². The lowest BCUT2D eigenvalue weighted by Gasteiger charge is -2.21. The summed E-state index contributed by atoms with van der Waals surface area (Å²) >= 11 is 3.68. The molecule has 0 bridgehead atoms. The highest BCUT2D eigenvalue weighted by Crippen LogP contribution is 2.27. The molecule has 1 aromatic heterocycles. The zero-order valence-corrected chi connectivity index (χ0v) is 14.4. The lowest BCUT2D eigenvalue weighted by molar-refractivity contribution is 0.649. The second kappa shape index (κ2) is 7.57. The van der Waals surface area contributed by atoms with Gasteiger partial charge >= 0.3 is 0 Å². The summed E-state index contributed by atoms with van der Waals surface area (Å²) in [7, 11) is 4.11. The molecule has 1 unspecified atom stereocenters. The minimum atomic E-state index is 0.343. The first-order valence-electron chi connectivity index (χ1n) is 7.18. The van der Waals surface area contributed by atoms with Gasteiger partial charge in [0.2, 0.25) is 0 Å². The van der Waals surface area contributed by atoms with Crippen molar-refractivity contribution in [3.63, 3.8) is 0 Å². The molecule has 0 saturated carbocycles. The highest BCUT2D eigenvalue weighted by atomic mass is 79.9. The monoisotopic (exact) mass is 347 g/mol. The first-order valence-corrected chi connectivity index (χ1v) is 7.98. The van der Waals surface area contributed by atoms with E-state index in [-0.39, 0.29) is 0 Å². The van der Waals surface area contributed by atoms with Crippen LogP contribution < -0.4 is 10.2 Å². The molecule has 0 amide bonds. The van der Waals surface area contributed by atoms with Crippen LogP contribution in [0.2, 0.25) is 0 Å². The smallest absolute Gasteiger partial charge is 0.0375 e. The maximum absolute atomic E-state index is 4.05. The van der Waals surface area contributed by atoms with Gasteiger partial charge in [0.05, 0.1) is 0 Å². The molecule has 0 radical (unpaired) electrons. The van der Waals surface area contributed by atoms with Crippen molar-refractivity contribution in [2.45, 2.75) is 19.4 Å². The van der Waals surface area contributed by atoms with Gasteiger partial charge in [0.15, 0.2) is 0 Å². The Bertz CT molecular complexity index is 572. The SMILES string of the molecule is CNC(C)c1ccc(N(C)CCc2ccncc2)cc1Br. The Hall–Kier alpha value is -1.39. The highest BCUT2D eigenvalue weighted by molar-refractivity contribution is 9.10. The van der Waals surface area contributed by atoms with E-state index in [1.165, 1.54) is 16.8 Å². The van der Waals surface area contributed by atoms with Crippen molar-refractivity contribution in [1.82, 2.24) is 10.3 Å². The van der Waals surface area contributed by atoms with E-state index in [1.807, 2.05) is 19.4 Å². The number of likely N-dealkylation sites (N-methyl/N-ethyl adjacent to an activating group) is 1. The molecular formula is C17H22BrN3. The first-order chi connectivity index (χ1) is 10.1. The van der Waals surface area contributed by atoms with Crippen LogP contribution in [-0.4, -0.2) is 25.6 Å². The molecule has 0 aliphatic rings. The number of hydrogen-bond acceptors (Lipinski definition) is 3. The quantitative estimate of drug-likeness (QED) is 0.861. The number of rotatable bonds is 6. The fourth-order valence-electron chi connectivity index (χ4n) is 2.24. The molecular weight excluding hydrogens is 326 g/mol. The summed E-state index contributed by atoms with van der Waals surface area (Å²) in [6.07, 6.45) is 4.71. The first kappa shape index (κ1) is 16.0. The van der Waals surface area contributed by atoms with Crippen molar-refractivity contribution in [2.24, 2.45) is 0 Å². The van der Waals surface area contributed by atoms with E-state index in [0.717, 1.165) is 17.4 Å². The number of pyridine rings is 1. The number of nitrogens with zero attached hydrogens (tertiary/aromatic N) is 2. The van der Waals surface area contributed by atoms with Gasteiger partial charge in [-0.15, -0.1) is 0 Å². The Balaban J connectivity index is 2.02. The minimum absolute atomic E-state index is 0.343. The highest BCUT2D eigenvalue weighted by Gasteiger charge is 2.09. The molecule has 4 heteroatoms. The molecule has 0 aliphatic heterocycles. The third kappa shape index (κ3) is 4.29. The standard InChI is InChI=1S/C17H22BrN3/c1-13(19-2)16-5-4-15(12-17(16)18)21(3)11-8-14-6-9-20-10-7-14/h4-7,9-10,12-13,19H,8,11H2,1-3H3. The van der Waals surface area contributed by atoms with Crippen LogP contribution >= 0.6 is 15.9 Å². The lowest BCUT2D eigenvalue weighted by Crippen LogP contribution is -2.20. The summed E-state index contributed by atoms with van der Waals surface area (Å²) in [5, 5.41) is 3.27. The van der Waals surface area contributed by atoms with Gasteiger partial charge in [-0.3, -0.25) is 4.98 Å². The maximum Gasteiger partial charge on any atom is 0.0375 e. The van der Waals surface area contributed by atoms with Crippen molar-refractivity contribution >= 4 is 21.6 Å². The van der Waals surface area contributed by atoms with E-state index in [1.54, 1.807) is 0 Å². The van der Waals surface area contributed by atoms with Gasteiger partial charge in [-0.1, -0.05) is 22.0 Å². The predicted octanol–water partition coefficient (Wildman–Crippen LogP) is 3.80. The number of halogens is 1. The van der Waals surface area contributed by atoms with Crippen LogP contribution in [0.4, 0.5) is 5.69 Å². The molecule has 0 spiro atoms. The number of nitrogens with one attached hydrogen (secondary N) is 1. The minimum Gasteiger partial charge on any atom is -0.374 e. The van der Waals surface area contributed by atoms with E-state index < -0.39 is 0 Å². The second-order valence-corrected chi connectivity index (χ2v) is 6.10. The van der Waals surface area contributed by atoms with E-state index in [2.05, 4.69) is 75.4 Å². The average Bonchev–Trinajstić information content (AvgIpc) is 2.52. The summed E-state index contributed by atoms with van der Waals surface area (Å²) in [6, 6.07) is 11.0. The summed E-state index contributed by atoms with van der Waals surface area (Å²) < 4.78 is 1.15. The second-order valence-electron chi connectivity index (χ2n) is 5.24. The van der Waals surface area contributed by atoms with Crippen LogP contribution in [0.1, 0.15) is 24.1 Å². The van der Waals surface area contributed by atoms with Gasteiger partial charge in [0.1, 0.15) is 0 Å². The lowest BCUT2D eigenvalue weighted by atomic mass is 10.1. The Kier molecular flexibility index (Phi) is 5.76. The van der Waals surface area contributed by atoms with Crippen LogP contribution in [0.3, 0.4) is 0 Å². The summed E-state index contributed by atoms with van der Waals surface area (Å²) in [5.41, 5.74) is 3.82. The molecule has 1 aromatic carbocycles. The van der Waals surface area contributed by atoms with Gasteiger partial charge in [0, 0.05) is 42.2 Å². The van der Waals surface area contributed by atoms with Crippen LogP contribution in [0, 0.1) is 0 Å². The molecule has 0 aliphatic carbocycles. The third-order valence-electron chi connectivity index (χ3n) is 3.81. The van der Waals surface area contributed by atoms with Crippen LogP contribution in [0.15, 0.2) is 47.2 Å². The van der Waals surface area contributed by atoms with Crippen molar-refractivity contribution < 1.29 is 0 Å². The molecule has 2 aromatic rings. The average molecular weight is 348 g/mol. The van der Waals surface area contributed by atoms with Crippen molar-refractivity contribution in [2.75, 3.05) is 25.5 Å². The topological polar surface area (TPSA) is 28.2 Å². The molecule has 0 fully saturated rings. The molecule has 2 rings (SSSR count). The Morgan fingerprint density at radius 1 is 1.24 bits per heavy atom. The molecule has 3 nitrogen and oxygen atoms in total. The summed E-state index contributed by atoms with van der Waals surface area (Å²) in [6.45, 7) is 3.14. The molecule has 1 heterocycles. The number of aromatic nitrogens is 1. The van der Waals surface area contributed by atoms with Crippen LogP contribution in [0.5, 0.6) is 0 Å². The number of benzene rings is 1. The normalized spacial score (nSPS) is 12.2. The van der Waals surface area contributed by atoms with Gasteiger partial charge in [-0.05, 0) is 55.8 Å². The van der Waals surface area contributed by atoms with Crippen molar-refractivity contribution in [1.29, 1.82) is 0 Å². The fraction of sp³-hybridized carbons (Fsp3) is 0.353. The summed E-state index contributed by atoms with van der Waals surface area (Å²) in [5.74, 6) is 0. The molecule has 21 heavy (non-hydrogen) atoms. The van der Waals surface area contributed by atoms with Crippen LogP contribution in [0.25, 0.3) is 0 Å². The van der Waals surface area contributed by atoms with Gasteiger partial charge in [-0.2, -0.15) is 0 Å². The van der Waals surface area contributed by atoms with E-state index >= 15 is 0 Å². The predicted molar refractivity (Wildman–Crippen MR) is 92.8 cm³/mol. The fourth-order valence-corrected chi connectivity index (χ4v) is 2.95. The third-order valence-corrected chi connectivity index (χ3v) is 4.50. The Morgan fingerprint density at radius 2 is 1.95 bits per heavy atom. The Morgan fingerprint density at radius 3 is 2.57 bits per heavy atom. The molecule has 1 atom stereocenters. The zero-order chi connectivity index (χ0) is 15.2. The van der Waals surface area contributed by atoms with Crippen LogP contribution in [-0.2, 0) is 6.42 Å². The van der Waals surface area contributed by atoms with Gasteiger partial charge in [0.25, 0.3) is 0 Å². The molecule has 1 N–H and O–H groups in total. The van der Waals surface area contributed by atoms with Gasteiger partial charge < -0.3 is 10.2 Å². The summed E-state index contributed by atoms with van der Waals surface area (Å²) in [4.78, 5) is 6.33. The molecule has 0 saturated heterocycles. The van der Waals surface area contributed by atoms with E-state index in [0.29, 0.717) is 6.04 Å². The van der Waals surface area contributed by atoms with Crippen molar-refractivity contribution in [3.05, 3.63) is 58.3 Å².